The summed E-state index contributed by atoms with van der Waals surface area (Å²) in [6, 6.07) is 5.16. The first-order valence-corrected chi connectivity index (χ1v) is 11.9. The Morgan fingerprint density at radius 2 is 1.68 bits per heavy atom. The van der Waals surface area contributed by atoms with Crippen LogP contribution in [0.3, 0.4) is 0 Å². The van der Waals surface area contributed by atoms with Gasteiger partial charge < -0.3 is 14.7 Å². The third kappa shape index (κ3) is 4.83. The van der Waals surface area contributed by atoms with E-state index in [1.807, 2.05) is 0 Å². The van der Waals surface area contributed by atoms with Crippen molar-refractivity contribution in [3.05, 3.63) is 24.3 Å². The highest BCUT2D eigenvalue weighted by Crippen LogP contribution is 2.44. The van der Waals surface area contributed by atoms with E-state index >= 15 is 0 Å². The van der Waals surface area contributed by atoms with E-state index < -0.39 is 27.9 Å². The van der Waals surface area contributed by atoms with Crippen LogP contribution in [0.5, 0.6) is 5.75 Å². The Kier molecular flexibility index (Phi) is 5.72. The smallest absolute Gasteiger partial charge is 0.406 e. The molecule has 1 amide bonds. The number of nitrogens with zero attached hydrogens (tertiary/aromatic N) is 2. The average molecular weight is 462 g/mol. The number of piperidine rings is 1. The Bertz CT molecular complexity index is 923. The van der Waals surface area contributed by atoms with Crippen LogP contribution in [0.4, 0.5) is 18.9 Å². The van der Waals surface area contributed by atoms with Crippen LogP contribution < -0.4 is 9.64 Å². The SMILES string of the molecule is O=C1N(c2ccc(OC(F)(F)F)cc2)CCC12CCN(S(=O)(=O)CC(O)C1CC1)CC2. The molecule has 0 aromatic heterocycles. The van der Waals surface area contributed by atoms with Crippen molar-refractivity contribution in [3.63, 3.8) is 0 Å². The van der Waals surface area contributed by atoms with Gasteiger partial charge >= 0.3 is 6.36 Å². The number of hydrogen-bond acceptors (Lipinski definition) is 5. The van der Waals surface area contributed by atoms with E-state index in [1.54, 1.807) is 4.90 Å². The molecule has 11 heteroatoms. The maximum atomic E-state index is 13.1. The molecule has 3 aliphatic rings. The minimum atomic E-state index is -4.78. The standard InChI is InChI=1S/C20H25F3N2O5S/c21-20(22,23)30-16-5-3-15(4-6-16)25-12-9-19(18(25)27)7-10-24(11-8-19)31(28,29)13-17(26)14-1-2-14/h3-6,14,17,26H,1-2,7-13H2. The first kappa shape index (κ1) is 22.3. The van der Waals surface area contributed by atoms with Crippen molar-refractivity contribution in [3.8, 4) is 5.75 Å². The van der Waals surface area contributed by atoms with Crippen molar-refractivity contribution in [1.82, 2.24) is 4.31 Å². The molecule has 0 radical (unpaired) electrons. The summed E-state index contributed by atoms with van der Waals surface area (Å²) < 4.78 is 67.4. The summed E-state index contributed by atoms with van der Waals surface area (Å²) in [7, 11) is -3.58. The predicted molar refractivity (Wildman–Crippen MR) is 106 cm³/mol. The topological polar surface area (TPSA) is 87.2 Å². The zero-order valence-electron chi connectivity index (χ0n) is 16.8. The maximum absolute atomic E-state index is 13.1. The molecular formula is C20H25F3N2O5S. The van der Waals surface area contributed by atoms with Gasteiger partial charge in [-0.15, -0.1) is 13.2 Å². The molecule has 31 heavy (non-hydrogen) atoms. The lowest BCUT2D eigenvalue weighted by atomic mass is 9.77. The van der Waals surface area contributed by atoms with E-state index in [0.29, 0.717) is 31.5 Å². The quantitative estimate of drug-likeness (QED) is 0.702. The van der Waals surface area contributed by atoms with Crippen LogP contribution >= 0.6 is 0 Å². The molecule has 1 saturated carbocycles. The second-order valence-electron chi connectivity index (χ2n) is 8.61. The molecule has 1 aromatic rings. The van der Waals surface area contributed by atoms with Gasteiger partial charge in [0.25, 0.3) is 0 Å². The number of carbonyl (C=O) groups excluding carboxylic acids is 1. The van der Waals surface area contributed by atoms with E-state index in [2.05, 4.69) is 4.74 Å². The number of amides is 1. The molecule has 2 heterocycles. The van der Waals surface area contributed by atoms with Crippen LogP contribution in [0.15, 0.2) is 24.3 Å². The molecule has 1 atom stereocenters. The van der Waals surface area contributed by atoms with Gasteiger partial charge in [0.1, 0.15) is 5.75 Å². The lowest BCUT2D eigenvalue weighted by molar-refractivity contribution is -0.274. The molecule has 7 nitrogen and oxygen atoms in total. The van der Waals surface area contributed by atoms with Crippen LogP contribution in [0.2, 0.25) is 0 Å². The van der Waals surface area contributed by atoms with Gasteiger partial charge in [-0.05, 0) is 62.3 Å². The number of anilines is 1. The van der Waals surface area contributed by atoms with Crippen LogP contribution in [-0.4, -0.2) is 61.6 Å². The Morgan fingerprint density at radius 1 is 1.10 bits per heavy atom. The summed E-state index contributed by atoms with van der Waals surface area (Å²) in [6.07, 6.45) is -2.58. The molecule has 172 valence electrons. The lowest BCUT2D eigenvalue weighted by Gasteiger charge is -2.37. The lowest BCUT2D eigenvalue weighted by Crippen LogP contribution is -2.48. The minimum absolute atomic E-state index is 0.0730. The highest BCUT2D eigenvalue weighted by Gasteiger charge is 2.50. The van der Waals surface area contributed by atoms with Gasteiger partial charge in [0.2, 0.25) is 15.9 Å². The van der Waals surface area contributed by atoms with Crippen molar-refractivity contribution in [2.45, 2.75) is 44.6 Å². The fourth-order valence-corrected chi connectivity index (χ4v) is 6.14. The molecule has 1 spiro atoms. The van der Waals surface area contributed by atoms with E-state index in [0.717, 1.165) is 12.8 Å². The number of rotatable bonds is 6. The van der Waals surface area contributed by atoms with E-state index in [-0.39, 0.29) is 36.4 Å². The van der Waals surface area contributed by atoms with Gasteiger partial charge in [-0.25, -0.2) is 12.7 Å². The van der Waals surface area contributed by atoms with Crippen molar-refractivity contribution in [2.24, 2.45) is 11.3 Å². The molecule has 0 bridgehead atoms. The van der Waals surface area contributed by atoms with Crippen molar-refractivity contribution < 1.29 is 36.2 Å². The summed E-state index contributed by atoms with van der Waals surface area (Å²) in [5.74, 6) is -0.697. The predicted octanol–water partition coefficient (Wildman–Crippen LogP) is 2.50. The number of hydrogen-bond donors (Lipinski definition) is 1. The first-order chi connectivity index (χ1) is 14.5. The minimum Gasteiger partial charge on any atom is -0.406 e. The van der Waals surface area contributed by atoms with Gasteiger partial charge in [-0.3, -0.25) is 4.79 Å². The molecule has 1 aliphatic carbocycles. The fourth-order valence-electron chi connectivity index (χ4n) is 4.49. The molecule has 1 unspecified atom stereocenters. The fraction of sp³-hybridized carbons (Fsp3) is 0.650. The molecule has 1 aromatic carbocycles. The van der Waals surface area contributed by atoms with Crippen LogP contribution in [0.1, 0.15) is 32.1 Å². The van der Waals surface area contributed by atoms with Crippen LogP contribution in [0.25, 0.3) is 0 Å². The maximum Gasteiger partial charge on any atom is 0.573 e. The summed E-state index contributed by atoms with van der Waals surface area (Å²) in [4.78, 5) is 14.7. The molecule has 1 N–H and O–H groups in total. The zero-order chi connectivity index (χ0) is 22.4. The molecule has 2 aliphatic heterocycles. The molecule has 3 fully saturated rings. The van der Waals surface area contributed by atoms with Crippen molar-refractivity contribution >= 4 is 21.6 Å². The highest BCUT2D eigenvalue weighted by molar-refractivity contribution is 7.89. The average Bonchev–Trinajstić information content (AvgIpc) is 3.49. The number of carbonyl (C=O) groups is 1. The largest absolute Gasteiger partial charge is 0.573 e. The number of aliphatic hydroxyl groups is 1. The van der Waals surface area contributed by atoms with Crippen LogP contribution in [0, 0.1) is 11.3 Å². The van der Waals surface area contributed by atoms with Gasteiger partial charge in [0.15, 0.2) is 0 Å². The third-order valence-corrected chi connectivity index (χ3v) is 8.43. The van der Waals surface area contributed by atoms with Crippen molar-refractivity contribution in [2.75, 3.05) is 30.3 Å². The zero-order valence-corrected chi connectivity index (χ0v) is 17.7. The Morgan fingerprint density at radius 3 is 2.23 bits per heavy atom. The van der Waals surface area contributed by atoms with Gasteiger partial charge in [-0.1, -0.05) is 0 Å². The monoisotopic (exact) mass is 462 g/mol. The number of sulfonamides is 1. The van der Waals surface area contributed by atoms with E-state index in [1.165, 1.54) is 28.6 Å². The number of ether oxygens (including phenoxy) is 1. The second-order valence-corrected chi connectivity index (χ2v) is 10.6. The van der Waals surface area contributed by atoms with E-state index in [9.17, 15) is 31.5 Å². The van der Waals surface area contributed by atoms with Gasteiger partial charge in [0, 0.05) is 25.3 Å². The summed E-state index contributed by atoms with van der Waals surface area (Å²) in [5, 5.41) is 10.0. The van der Waals surface area contributed by atoms with E-state index in [4.69, 9.17) is 0 Å². The number of alkyl halides is 3. The molecular weight excluding hydrogens is 437 g/mol. The Labute approximate surface area is 178 Å². The summed E-state index contributed by atoms with van der Waals surface area (Å²) in [5.41, 5.74) is -0.179. The summed E-state index contributed by atoms with van der Waals surface area (Å²) in [6.45, 7) is 0.862. The summed E-state index contributed by atoms with van der Waals surface area (Å²) >= 11 is 0. The third-order valence-electron chi connectivity index (χ3n) is 6.52. The molecule has 4 rings (SSSR count). The molecule has 2 saturated heterocycles. The van der Waals surface area contributed by atoms with Gasteiger partial charge in [-0.2, -0.15) is 0 Å². The van der Waals surface area contributed by atoms with Gasteiger partial charge in [0.05, 0.1) is 17.3 Å². The van der Waals surface area contributed by atoms with Crippen LogP contribution in [-0.2, 0) is 14.8 Å². The Balaban J connectivity index is 1.38. The number of benzene rings is 1. The normalized spacial score (nSPS) is 23.4. The second kappa shape index (κ2) is 7.93. The number of halogens is 3. The first-order valence-electron chi connectivity index (χ1n) is 10.3. The Hall–Kier alpha value is -1.85. The number of aliphatic hydroxyl groups excluding tert-OH is 1. The highest BCUT2D eigenvalue weighted by atomic mass is 32.2. The van der Waals surface area contributed by atoms with Crippen molar-refractivity contribution in [1.29, 1.82) is 0 Å².